The molecule has 0 unspecified atom stereocenters. The van der Waals surface area contributed by atoms with E-state index in [1.165, 1.54) is 11.3 Å². The number of halogens is 1. The van der Waals surface area contributed by atoms with Crippen molar-refractivity contribution in [2.75, 3.05) is 31.1 Å². The van der Waals surface area contributed by atoms with Gasteiger partial charge in [0.2, 0.25) is 5.91 Å². The molecule has 1 N–H and O–H groups in total. The van der Waals surface area contributed by atoms with Crippen LogP contribution in [0.15, 0.2) is 24.5 Å². The van der Waals surface area contributed by atoms with Gasteiger partial charge >= 0.3 is 0 Å². The molecule has 5 nitrogen and oxygen atoms in total. The molecule has 0 spiro atoms. The third-order valence-corrected chi connectivity index (χ3v) is 5.68. The van der Waals surface area contributed by atoms with Crippen molar-refractivity contribution in [3.63, 3.8) is 0 Å². The van der Waals surface area contributed by atoms with Crippen molar-refractivity contribution in [1.82, 2.24) is 14.9 Å². The molecule has 25 heavy (non-hydrogen) atoms. The molecule has 2 aromatic rings. The normalized spacial score (nSPS) is 20.5. The Bertz CT molecular complexity index is 779. The van der Waals surface area contributed by atoms with E-state index in [1.54, 1.807) is 6.33 Å². The molecule has 0 saturated carbocycles. The molecule has 1 aromatic carbocycles. The summed E-state index contributed by atoms with van der Waals surface area (Å²) in [5.41, 5.74) is 4.67. The monoisotopic (exact) mass is 358 g/mol. The average molecular weight is 359 g/mol. The summed E-state index contributed by atoms with van der Waals surface area (Å²) in [6.07, 6.45) is 4.34. The van der Waals surface area contributed by atoms with E-state index in [-0.39, 0.29) is 5.92 Å². The van der Waals surface area contributed by atoms with Gasteiger partial charge in [0, 0.05) is 54.9 Å². The van der Waals surface area contributed by atoms with Gasteiger partial charge in [-0.15, -0.1) is 0 Å². The molecular weight excluding hydrogens is 336 g/mol. The van der Waals surface area contributed by atoms with Crippen LogP contribution in [-0.2, 0) is 17.6 Å². The van der Waals surface area contributed by atoms with Gasteiger partial charge in [0.25, 0.3) is 0 Å². The number of aromatic nitrogens is 2. The summed E-state index contributed by atoms with van der Waals surface area (Å²) in [5.74, 6) is 0.384. The van der Waals surface area contributed by atoms with Crippen LogP contribution in [-0.4, -0.2) is 47.0 Å². The Morgan fingerprint density at radius 1 is 1.28 bits per heavy atom. The van der Waals surface area contributed by atoms with Crippen LogP contribution < -0.4 is 4.90 Å². The van der Waals surface area contributed by atoms with Crippen molar-refractivity contribution in [3.8, 4) is 0 Å². The lowest BCUT2D eigenvalue weighted by molar-refractivity contribution is -0.136. The summed E-state index contributed by atoms with van der Waals surface area (Å²) in [7, 11) is 0. The number of carbonyl (C=O) groups is 1. The van der Waals surface area contributed by atoms with Gasteiger partial charge in [-0.05, 0) is 37.5 Å². The summed E-state index contributed by atoms with van der Waals surface area (Å²) in [6, 6.07) is 6.00. The molecular formula is C19H23ClN4O. The first kappa shape index (κ1) is 16.5. The summed E-state index contributed by atoms with van der Waals surface area (Å²) in [6.45, 7) is 5.37. The Balaban J connectivity index is 1.39. The fourth-order valence-corrected chi connectivity index (χ4v) is 4.13. The number of hydrogen-bond acceptors (Lipinski definition) is 3. The van der Waals surface area contributed by atoms with E-state index in [2.05, 4.69) is 27.9 Å². The van der Waals surface area contributed by atoms with Gasteiger partial charge in [-0.1, -0.05) is 17.7 Å². The highest BCUT2D eigenvalue weighted by molar-refractivity contribution is 6.30. The largest absolute Gasteiger partial charge is 0.368 e. The molecule has 2 heterocycles. The summed E-state index contributed by atoms with van der Waals surface area (Å²) >= 11 is 6.15. The minimum atomic E-state index is 0.0902. The molecule has 0 radical (unpaired) electrons. The fraction of sp³-hybridized carbons (Fsp3) is 0.474. The third-order valence-electron chi connectivity index (χ3n) is 5.44. The second-order valence-corrected chi connectivity index (χ2v) is 7.45. The number of aryl methyl sites for hydroxylation is 2. The Hall–Kier alpha value is -2.01. The standard InChI is InChI=1S/C19H23ClN4O/c1-13-2-4-15(20)11-18(13)23-6-8-24(9-7-23)19(25)14-3-5-16-17(10-14)22-12-21-16/h2,4,11-12,14H,3,5-10H2,1H3,(H,21,22)/t14-/m0/s1. The number of nitrogens with one attached hydrogen (secondary N) is 1. The highest BCUT2D eigenvalue weighted by atomic mass is 35.5. The van der Waals surface area contributed by atoms with Crippen molar-refractivity contribution in [2.45, 2.75) is 26.2 Å². The number of fused-ring (bicyclic) bond motifs is 1. The molecule has 1 saturated heterocycles. The van der Waals surface area contributed by atoms with Gasteiger partial charge < -0.3 is 14.8 Å². The van der Waals surface area contributed by atoms with E-state index in [4.69, 9.17) is 11.6 Å². The maximum atomic E-state index is 12.9. The number of aromatic amines is 1. The molecule has 1 aromatic heterocycles. The van der Waals surface area contributed by atoms with Gasteiger partial charge in [-0.2, -0.15) is 0 Å². The second-order valence-electron chi connectivity index (χ2n) is 7.01. The SMILES string of the molecule is Cc1ccc(Cl)cc1N1CCN(C(=O)[C@H]2CCc3nc[nH]c3C2)CC1. The molecule has 132 valence electrons. The van der Waals surface area contributed by atoms with Crippen molar-refractivity contribution in [3.05, 3.63) is 46.5 Å². The molecule has 4 rings (SSSR count). The minimum absolute atomic E-state index is 0.0902. The van der Waals surface area contributed by atoms with E-state index >= 15 is 0 Å². The van der Waals surface area contributed by atoms with Gasteiger partial charge in [0.1, 0.15) is 0 Å². The third kappa shape index (κ3) is 3.25. The molecule has 1 fully saturated rings. The zero-order valence-electron chi connectivity index (χ0n) is 14.5. The van der Waals surface area contributed by atoms with Gasteiger partial charge in [-0.25, -0.2) is 4.98 Å². The Morgan fingerprint density at radius 3 is 2.88 bits per heavy atom. The quantitative estimate of drug-likeness (QED) is 0.898. The van der Waals surface area contributed by atoms with Crippen molar-refractivity contribution in [1.29, 1.82) is 0 Å². The number of rotatable bonds is 2. The van der Waals surface area contributed by atoms with E-state index in [1.807, 2.05) is 17.0 Å². The van der Waals surface area contributed by atoms with Crippen LogP contribution in [0.1, 0.15) is 23.4 Å². The number of nitrogens with zero attached hydrogens (tertiary/aromatic N) is 3. The van der Waals surface area contributed by atoms with E-state index in [0.29, 0.717) is 5.91 Å². The second kappa shape index (κ2) is 6.71. The number of carbonyl (C=O) groups excluding carboxylic acids is 1. The van der Waals surface area contributed by atoms with Crippen LogP contribution in [0.4, 0.5) is 5.69 Å². The Morgan fingerprint density at radius 2 is 2.08 bits per heavy atom. The molecule has 6 heteroatoms. The predicted octanol–water partition coefficient (Wildman–Crippen LogP) is 2.83. The van der Waals surface area contributed by atoms with Crippen LogP contribution >= 0.6 is 11.6 Å². The fourth-order valence-electron chi connectivity index (χ4n) is 3.96. The molecule has 1 aliphatic heterocycles. The Labute approximate surface area is 153 Å². The van der Waals surface area contributed by atoms with Crippen LogP contribution in [0.3, 0.4) is 0 Å². The number of hydrogen-bond donors (Lipinski definition) is 1. The molecule has 0 bridgehead atoms. The first-order valence-electron chi connectivity index (χ1n) is 8.93. The van der Waals surface area contributed by atoms with Crippen LogP contribution in [0.2, 0.25) is 5.02 Å². The molecule has 2 aliphatic rings. The number of imidazole rings is 1. The lowest BCUT2D eigenvalue weighted by Gasteiger charge is -2.38. The first-order valence-corrected chi connectivity index (χ1v) is 9.30. The Kier molecular flexibility index (Phi) is 4.42. The lowest BCUT2D eigenvalue weighted by Crippen LogP contribution is -2.51. The van der Waals surface area contributed by atoms with Gasteiger partial charge in [0.05, 0.1) is 12.0 Å². The van der Waals surface area contributed by atoms with Crippen molar-refractivity contribution in [2.24, 2.45) is 5.92 Å². The smallest absolute Gasteiger partial charge is 0.226 e. The molecule has 1 atom stereocenters. The van der Waals surface area contributed by atoms with Crippen LogP contribution in [0.25, 0.3) is 0 Å². The highest BCUT2D eigenvalue weighted by Gasteiger charge is 2.31. The van der Waals surface area contributed by atoms with E-state index < -0.39 is 0 Å². The number of benzene rings is 1. The molecule has 1 aliphatic carbocycles. The first-order chi connectivity index (χ1) is 12.1. The lowest BCUT2D eigenvalue weighted by atomic mass is 9.88. The summed E-state index contributed by atoms with van der Waals surface area (Å²) in [5, 5.41) is 0.761. The van der Waals surface area contributed by atoms with Crippen LogP contribution in [0, 0.1) is 12.8 Å². The number of H-pyrrole nitrogens is 1. The van der Waals surface area contributed by atoms with Gasteiger partial charge in [-0.3, -0.25) is 4.79 Å². The summed E-state index contributed by atoms with van der Waals surface area (Å²) < 4.78 is 0. The maximum Gasteiger partial charge on any atom is 0.226 e. The van der Waals surface area contributed by atoms with Gasteiger partial charge in [0.15, 0.2) is 0 Å². The number of piperazine rings is 1. The van der Waals surface area contributed by atoms with Crippen molar-refractivity contribution >= 4 is 23.2 Å². The zero-order valence-corrected chi connectivity index (χ0v) is 15.2. The average Bonchev–Trinajstić information content (AvgIpc) is 3.11. The minimum Gasteiger partial charge on any atom is -0.368 e. The maximum absolute atomic E-state index is 12.9. The van der Waals surface area contributed by atoms with E-state index in [9.17, 15) is 4.79 Å². The predicted molar refractivity (Wildman–Crippen MR) is 99.1 cm³/mol. The topological polar surface area (TPSA) is 52.2 Å². The number of anilines is 1. The van der Waals surface area contributed by atoms with Crippen molar-refractivity contribution < 1.29 is 4.79 Å². The van der Waals surface area contributed by atoms with E-state index in [0.717, 1.165) is 61.9 Å². The highest BCUT2D eigenvalue weighted by Crippen LogP contribution is 2.27. The number of amides is 1. The van der Waals surface area contributed by atoms with Crippen LogP contribution in [0.5, 0.6) is 0 Å². The summed E-state index contributed by atoms with van der Waals surface area (Å²) in [4.78, 5) is 24.8. The molecule has 1 amide bonds. The zero-order chi connectivity index (χ0) is 17.4.